The van der Waals surface area contributed by atoms with E-state index in [9.17, 15) is 4.79 Å². The Labute approximate surface area is 110 Å². The Kier molecular flexibility index (Phi) is 4.08. The summed E-state index contributed by atoms with van der Waals surface area (Å²) < 4.78 is 4.63. The summed E-state index contributed by atoms with van der Waals surface area (Å²) >= 11 is 0. The molecule has 0 amide bonds. The van der Waals surface area contributed by atoms with E-state index in [0.717, 1.165) is 11.8 Å². The van der Waals surface area contributed by atoms with Gasteiger partial charge in [0.2, 0.25) is 0 Å². The van der Waals surface area contributed by atoms with Crippen molar-refractivity contribution in [3.63, 3.8) is 0 Å². The van der Waals surface area contributed by atoms with Crippen molar-refractivity contribution in [2.24, 2.45) is 0 Å². The zero-order valence-corrected chi connectivity index (χ0v) is 10.2. The molecule has 0 aliphatic heterocycles. The van der Waals surface area contributed by atoms with E-state index in [2.05, 4.69) is 9.68 Å². The number of carbonyl (C=O) groups is 1. The minimum absolute atomic E-state index is 0. The molecule has 2 aromatic rings. The Morgan fingerprint density at radius 1 is 1.33 bits per heavy atom. The summed E-state index contributed by atoms with van der Waals surface area (Å²) in [6.45, 7) is 0. The molecule has 0 atom stereocenters. The number of benzene rings is 1. The van der Waals surface area contributed by atoms with Gasteiger partial charge in [0.25, 0.3) is 0 Å². The molecule has 2 rings (SSSR count). The van der Waals surface area contributed by atoms with Crippen LogP contribution in [0.4, 0.5) is 0 Å². The quantitative estimate of drug-likeness (QED) is 0.660. The summed E-state index contributed by atoms with van der Waals surface area (Å²) in [5.41, 5.74) is 1.17. The third kappa shape index (κ3) is 2.47. The Hall–Kier alpha value is -1.10. The van der Waals surface area contributed by atoms with Crippen LogP contribution in [0.1, 0.15) is 11.8 Å². The predicted octanol–water partition coefficient (Wildman–Crippen LogP) is -0.844. The second-order valence-corrected chi connectivity index (χ2v) is 2.75. The van der Waals surface area contributed by atoms with Crippen LogP contribution in [-0.4, -0.2) is 16.2 Å². The van der Waals surface area contributed by atoms with E-state index in [0.29, 0.717) is 5.69 Å². The van der Waals surface area contributed by atoms with E-state index in [1.807, 2.05) is 18.2 Å². The van der Waals surface area contributed by atoms with Crippen LogP contribution < -0.4 is 29.6 Å². The van der Waals surface area contributed by atoms with Crippen molar-refractivity contribution in [3.8, 4) is 11.3 Å². The number of rotatable bonds is 2. The van der Waals surface area contributed by atoms with Crippen molar-refractivity contribution in [3.05, 3.63) is 42.2 Å². The molecule has 0 bridgehead atoms. The van der Waals surface area contributed by atoms with Crippen LogP contribution in [0.15, 0.2) is 41.1 Å². The molecule has 1 aromatic heterocycles. The number of carboxylic acid groups (broad SMARTS) is 1. The van der Waals surface area contributed by atoms with Crippen LogP contribution in [0.25, 0.3) is 11.3 Å². The average molecular weight is 213 g/mol. The molecule has 0 saturated heterocycles. The van der Waals surface area contributed by atoms with Crippen molar-refractivity contribution in [1.29, 1.82) is 0 Å². The van der Waals surface area contributed by atoms with Crippen LogP contribution >= 0.6 is 0 Å². The number of aromatic nitrogens is 1. The van der Waals surface area contributed by atoms with E-state index in [-0.39, 0.29) is 36.5 Å². The van der Waals surface area contributed by atoms with E-state index in [4.69, 9.17) is 5.11 Å². The molecule has 0 radical (unpaired) electrons. The first-order valence-corrected chi connectivity index (χ1v) is 4.02. The maximum atomic E-state index is 10.8. The van der Waals surface area contributed by atoms with Gasteiger partial charge in [-0.3, -0.25) is 0 Å². The van der Waals surface area contributed by atoms with Crippen molar-refractivity contribution in [2.75, 3.05) is 0 Å². The van der Waals surface area contributed by atoms with Gasteiger partial charge in [0.05, 0.1) is 0 Å². The van der Waals surface area contributed by atoms with Gasteiger partial charge >= 0.3 is 35.5 Å². The second-order valence-electron chi connectivity index (χ2n) is 2.75. The first kappa shape index (κ1) is 12.0. The molecule has 0 aliphatic rings. The summed E-state index contributed by atoms with van der Waals surface area (Å²) in [4.78, 5) is 10.8. The molecule has 72 valence electrons. The molecule has 0 saturated carbocycles. The number of hydrogen-bond acceptors (Lipinski definition) is 3. The van der Waals surface area contributed by atoms with Crippen LogP contribution in [0, 0.1) is 0 Å². The summed E-state index contributed by atoms with van der Waals surface area (Å²) in [6.07, 6.45) is 1.13. The van der Waals surface area contributed by atoms with Crippen molar-refractivity contribution in [1.82, 2.24) is 5.16 Å². The third-order valence-corrected chi connectivity index (χ3v) is 1.85. The molecular weight excluding hydrogens is 205 g/mol. The van der Waals surface area contributed by atoms with Gasteiger partial charge in [-0.25, -0.2) is 4.79 Å². The van der Waals surface area contributed by atoms with Crippen LogP contribution in [-0.2, 0) is 0 Å². The molecule has 4 nitrogen and oxygen atoms in total. The Morgan fingerprint density at radius 3 is 2.60 bits per heavy atom. The Bertz CT molecular complexity index is 458. The molecular formula is C10H8NNaO3. The van der Waals surface area contributed by atoms with Gasteiger partial charge in [0, 0.05) is 5.56 Å². The Morgan fingerprint density at radius 2 is 2.00 bits per heavy atom. The largest absolute Gasteiger partial charge is 1.00 e. The van der Waals surface area contributed by atoms with E-state index in [1.165, 1.54) is 0 Å². The number of nitrogens with zero attached hydrogens (tertiary/aromatic N) is 1. The molecule has 0 spiro atoms. The molecule has 0 fully saturated rings. The number of aromatic carboxylic acids is 1. The summed E-state index contributed by atoms with van der Waals surface area (Å²) in [7, 11) is 0. The van der Waals surface area contributed by atoms with E-state index >= 15 is 0 Å². The number of hydrogen-bond donors (Lipinski definition) is 1. The fraction of sp³-hybridized carbons (Fsp3) is 0. The van der Waals surface area contributed by atoms with Gasteiger partial charge in [0.1, 0.15) is 17.5 Å². The van der Waals surface area contributed by atoms with E-state index in [1.54, 1.807) is 12.1 Å². The Balaban J connectivity index is 0.00000112. The van der Waals surface area contributed by atoms with Gasteiger partial charge in [-0.2, -0.15) is 0 Å². The van der Waals surface area contributed by atoms with Gasteiger partial charge in [-0.15, -0.1) is 0 Å². The molecule has 1 aromatic carbocycles. The van der Waals surface area contributed by atoms with Crippen molar-refractivity contribution in [2.45, 2.75) is 0 Å². The normalized spacial score (nSPS) is 9.33. The van der Waals surface area contributed by atoms with Gasteiger partial charge in [0.15, 0.2) is 0 Å². The topological polar surface area (TPSA) is 63.3 Å². The maximum Gasteiger partial charge on any atom is 1.00 e. The second kappa shape index (κ2) is 5.11. The van der Waals surface area contributed by atoms with Crippen LogP contribution in [0.2, 0.25) is 0 Å². The van der Waals surface area contributed by atoms with Crippen molar-refractivity contribution >= 4 is 5.97 Å². The zero-order valence-electron chi connectivity index (χ0n) is 9.18. The standard InChI is InChI=1S/C10H7NO3.Na.H/c12-10(13)8-6-14-11-9(8)7-4-2-1-3-5-7;;/h1-6H,(H,12,13);;/q;+1;-1. The SMILES string of the molecule is O=C(O)c1conc1-c1ccccc1.[H-].[Na+]. The monoisotopic (exact) mass is 213 g/mol. The fourth-order valence-corrected chi connectivity index (χ4v) is 1.19. The molecule has 0 unspecified atom stereocenters. The van der Waals surface area contributed by atoms with Crippen LogP contribution in [0.3, 0.4) is 0 Å². The van der Waals surface area contributed by atoms with E-state index < -0.39 is 5.97 Å². The van der Waals surface area contributed by atoms with Crippen LogP contribution in [0.5, 0.6) is 0 Å². The third-order valence-electron chi connectivity index (χ3n) is 1.85. The smallest absolute Gasteiger partial charge is 1.00 e. The summed E-state index contributed by atoms with van der Waals surface area (Å²) in [6, 6.07) is 9.05. The first-order chi connectivity index (χ1) is 6.79. The maximum absolute atomic E-state index is 10.8. The minimum atomic E-state index is -1.04. The van der Waals surface area contributed by atoms with Gasteiger partial charge in [-0.05, 0) is 0 Å². The van der Waals surface area contributed by atoms with Crippen molar-refractivity contribution < 1.29 is 45.4 Å². The molecule has 5 heteroatoms. The number of carboxylic acids is 1. The van der Waals surface area contributed by atoms with Gasteiger partial charge < -0.3 is 11.1 Å². The molecule has 0 aliphatic carbocycles. The summed E-state index contributed by atoms with van der Waals surface area (Å²) in [5.74, 6) is -1.04. The minimum Gasteiger partial charge on any atom is -1.00 e. The van der Waals surface area contributed by atoms with Gasteiger partial charge in [-0.1, -0.05) is 35.5 Å². The first-order valence-electron chi connectivity index (χ1n) is 4.02. The summed E-state index contributed by atoms with van der Waals surface area (Å²) in [5, 5.41) is 12.5. The average Bonchev–Trinajstić information content (AvgIpc) is 2.67. The fourth-order valence-electron chi connectivity index (χ4n) is 1.19. The predicted molar refractivity (Wildman–Crippen MR) is 50.0 cm³/mol. The molecule has 1 heterocycles. The molecule has 15 heavy (non-hydrogen) atoms. The zero-order chi connectivity index (χ0) is 9.97. The molecule has 1 N–H and O–H groups in total.